The van der Waals surface area contributed by atoms with Gasteiger partial charge in [0, 0.05) is 6.42 Å². The van der Waals surface area contributed by atoms with Crippen molar-refractivity contribution in [3.63, 3.8) is 0 Å². The Bertz CT molecular complexity index is 542. The second-order valence-corrected chi connectivity index (χ2v) is 12.8. The molecule has 0 saturated heterocycles. The highest BCUT2D eigenvalue weighted by Crippen LogP contribution is 2.51. The first-order valence-corrected chi connectivity index (χ1v) is 15.9. The third kappa shape index (κ3) is 19.8. The van der Waals surface area contributed by atoms with Crippen molar-refractivity contribution in [2.75, 3.05) is 27.7 Å². The van der Waals surface area contributed by atoms with Crippen LogP contribution in [0, 0.1) is 0 Å². The molecule has 0 aromatic carbocycles. The van der Waals surface area contributed by atoms with Crippen molar-refractivity contribution in [3.8, 4) is 0 Å². The Labute approximate surface area is 213 Å². The lowest BCUT2D eigenvalue weighted by Gasteiger charge is -2.35. The highest BCUT2D eigenvalue weighted by atomic mass is 31.2. The molecule has 0 rings (SSSR count). The summed E-state index contributed by atoms with van der Waals surface area (Å²) in [4.78, 5) is 10.4. The monoisotopic (exact) mass is 500 g/mol. The summed E-state index contributed by atoms with van der Waals surface area (Å²) in [5.41, 5.74) is 0. The molecule has 0 spiro atoms. The maximum absolute atomic E-state index is 12.7. The van der Waals surface area contributed by atoms with Gasteiger partial charge in [-0.3, -0.25) is 4.57 Å². The average Bonchev–Trinajstić information content (AvgIpc) is 2.77. The zero-order valence-electron chi connectivity index (χ0n) is 23.3. The molecule has 0 saturated carbocycles. The van der Waals surface area contributed by atoms with Gasteiger partial charge in [-0.1, -0.05) is 89.4 Å². The molecule has 202 valence electrons. The van der Waals surface area contributed by atoms with E-state index in [2.05, 4.69) is 25.7 Å². The quantitative estimate of drug-likeness (QED) is 0.0587. The van der Waals surface area contributed by atoms with Gasteiger partial charge in [-0.15, -0.1) is 6.58 Å². The van der Waals surface area contributed by atoms with Gasteiger partial charge in [-0.05, 0) is 51.4 Å². The van der Waals surface area contributed by atoms with Gasteiger partial charge in [0.1, 0.15) is 0 Å². The summed E-state index contributed by atoms with van der Waals surface area (Å²) in [6, 6.07) is 0. The van der Waals surface area contributed by atoms with Crippen LogP contribution in [0.4, 0.5) is 0 Å². The molecule has 0 radical (unpaired) electrons. The minimum Gasteiger partial charge on any atom is -0.320 e. The number of hydrogen-bond donors (Lipinski definition) is 1. The molecule has 0 aliphatic carbocycles. The van der Waals surface area contributed by atoms with Gasteiger partial charge in [0.05, 0.1) is 27.7 Å². The smallest absolute Gasteiger partial charge is 0.320 e. The van der Waals surface area contributed by atoms with Crippen molar-refractivity contribution >= 4 is 7.60 Å². The second kappa shape index (κ2) is 21.8. The van der Waals surface area contributed by atoms with E-state index < -0.39 is 7.60 Å². The van der Waals surface area contributed by atoms with Crippen LogP contribution in [-0.4, -0.2) is 42.9 Å². The number of rotatable bonds is 25. The van der Waals surface area contributed by atoms with Crippen molar-refractivity contribution in [2.45, 2.75) is 135 Å². The van der Waals surface area contributed by atoms with Crippen LogP contribution in [0.5, 0.6) is 0 Å². The van der Waals surface area contributed by atoms with Crippen molar-refractivity contribution in [1.82, 2.24) is 0 Å². The van der Waals surface area contributed by atoms with E-state index in [0.717, 1.165) is 19.3 Å². The van der Waals surface area contributed by atoms with Gasteiger partial charge in [0.15, 0.2) is 5.78 Å². The number of quaternary nitrogens is 1. The normalized spacial score (nSPS) is 15.0. The van der Waals surface area contributed by atoms with Gasteiger partial charge in [0.25, 0.3) is 0 Å². The first kappa shape index (κ1) is 33.6. The Hall–Kier alpha value is -0.410. The van der Waals surface area contributed by atoms with E-state index in [0.29, 0.717) is 17.5 Å². The Morgan fingerprint density at radius 1 is 0.765 bits per heavy atom. The lowest BCUT2D eigenvalue weighted by Crippen LogP contribution is -2.45. The number of allylic oxidation sites excluding steroid dienone is 3. The summed E-state index contributed by atoms with van der Waals surface area (Å²) in [5, 5.41) is 0. The largest absolute Gasteiger partial charge is 0.385 e. The van der Waals surface area contributed by atoms with Crippen LogP contribution in [-0.2, 0) is 9.09 Å². The van der Waals surface area contributed by atoms with Crippen LogP contribution in [0.3, 0.4) is 0 Å². The molecule has 5 heteroatoms. The maximum Gasteiger partial charge on any atom is 0.385 e. The van der Waals surface area contributed by atoms with E-state index in [-0.39, 0.29) is 5.78 Å². The Morgan fingerprint density at radius 2 is 1.18 bits per heavy atom. The summed E-state index contributed by atoms with van der Waals surface area (Å²) in [6.45, 7) is 6.22. The van der Waals surface area contributed by atoms with Gasteiger partial charge in [-0.2, -0.15) is 0 Å². The van der Waals surface area contributed by atoms with E-state index in [1.807, 2.05) is 27.2 Å². The second-order valence-electron chi connectivity index (χ2n) is 10.9. The molecule has 0 aliphatic heterocycles. The maximum atomic E-state index is 12.7. The van der Waals surface area contributed by atoms with Crippen LogP contribution >= 0.6 is 7.60 Å². The molecular formula is C29H59NO3P+. The van der Waals surface area contributed by atoms with Crippen molar-refractivity contribution in [1.29, 1.82) is 0 Å². The lowest BCUT2D eigenvalue weighted by atomic mass is 10.1. The number of unbranched alkanes of at least 4 members (excludes halogenated alkanes) is 15. The molecule has 0 heterocycles. The molecule has 2 unspecified atom stereocenters. The summed E-state index contributed by atoms with van der Waals surface area (Å²) in [5.74, 6) is -0.338. The molecule has 0 aromatic heterocycles. The minimum atomic E-state index is -3.57. The molecule has 0 bridgehead atoms. The van der Waals surface area contributed by atoms with E-state index in [9.17, 15) is 9.46 Å². The Morgan fingerprint density at radius 3 is 1.59 bits per heavy atom. The zero-order chi connectivity index (χ0) is 25.5. The molecule has 34 heavy (non-hydrogen) atoms. The summed E-state index contributed by atoms with van der Waals surface area (Å²) in [7, 11) is 2.34. The highest BCUT2D eigenvalue weighted by Gasteiger charge is 2.41. The molecule has 2 atom stereocenters. The van der Waals surface area contributed by atoms with E-state index in [1.54, 1.807) is 0 Å². The lowest BCUT2D eigenvalue weighted by molar-refractivity contribution is -0.883. The molecule has 4 nitrogen and oxygen atoms in total. The summed E-state index contributed by atoms with van der Waals surface area (Å²) >= 11 is 0. The van der Waals surface area contributed by atoms with Gasteiger partial charge >= 0.3 is 7.60 Å². The van der Waals surface area contributed by atoms with E-state index in [1.165, 1.54) is 96.3 Å². The van der Waals surface area contributed by atoms with Crippen LogP contribution in [0.1, 0.15) is 129 Å². The highest BCUT2D eigenvalue weighted by molar-refractivity contribution is 7.53. The predicted molar refractivity (Wildman–Crippen MR) is 150 cm³/mol. The zero-order valence-corrected chi connectivity index (χ0v) is 24.2. The van der Waals surface area contributed by atoms with Crippen LogP contribution < -0.4 is 0 Å². The average molecular weight is 501 g/mol. The third-order valence-corrected chi connectivity index (χ3v) is 8.81. The molecular weight excluding hydrogens is 441 g/mol. The fourth-order valence-electron chi connectivity index (χ4n) is 4.45. The molecule has 0 fully saturated rings. The number of hydrogen-bond acceptors (Lipinski definition) is 2. The van der Waals surface area contributed by atoms with Crippen molar-refractivity contribution in [2.24, 2.45) is 0 Å². The van der Waals surface area contributed by atoms with Crippen molar-refractivity contribution < 1.29 is 18.5 Å². The first-order valence-electron chi connectivity index (χ1n) is 14.3. The van der Waals surface area contributed by atoms with E-state index in [4.69, 9.17) is 4.52 Å². The summed E-state index contributed by atoms with van der Waals surface area (Å²) in [6.07, 6.45) is 29.9. The topological polar surface area (TPSA) is 46.5 Å². The third-order valence-electron chi connectivity index (χ3n) is 6.55. The summed E-state index contributed by atoms with van der Waals surface area (Å²) < 4.78 is 18.6. The molecule has 0 aliphatic rings. The fraction of sp³-hybridized carbons (Fsp3) is 0.862. The van der Waals surface area contributed by atoms with Gasteiger partial charge in [0.2, 0.25) is 0 Å². The van der Waals surface area contributed by atoms with Gasteiger partial charge < -0.3 is 13.9 Å². The predicted octanol–water partition coefficient (Wildman–Crippen LogP) is 9.39. The van der Waals surface area contributed by atoms with Crippen LogP contribution in [0.15, 0.2) is 24.8 Å². The van der Waals surface area contributed by atoms with Crippen LogP contribution in [0.2, 0.25) is 0 Å². The standard InChI is InChI=1S/C29H58NO3P/c1-6-8-9-10-11-12-13-14-15-16-17-18-19-20-21-22-23-24-25-26-28-33-34(31,32)29(27-7-2)30(3,4)5/h6,16-17,29H,1,7-15,18-28H2,2-5H3/p+1/b17-16-. The Kier molecular flexibility index (Phi) is 21.6. The van der Waals surface area contributed by atoms with Crippen LogP contribution in [0.25, 0.3) is 0 Å². The Balaban J connectivity index is 3.50. The molecule has 1 N–H and O–H groups in total. The van der Waals surface area contributed by atoms with Gasteiger partial charge in [-0.25, -0.2) is 0 Å². The minimum absolute atomic E-state index is 0.338. The molecule has 0 aromatic rings. The van der Waals surface area contributed by atoms with Crippen molar-refractivity contribution in [3.05, 3.63) is 24.8 Å². The molecule has 0 amide bonds. The number of nitrogens with zero attached hydrogens (tertiary/aromatic N) is 1. The SMILES string of the molecule is C=CCCCCCCCC/C=C\CCCCCCCCCCOP(=O)(O)C(CCC)[N+](C)(C)C. The first-order chi connectivity index (χ1) is 16.3. The fourth-order valence-corrected chi connectivity index (χ4v) is 6.47. The van der Waals surface area contributed by atoms with E-state index >= 15 is 0 Å².